The van der Waals surface area contributed by atoms with E-state index in [0.29, 0.717) is 5.02 Å². The molecule has 1 unspecified atom stereocenters. The number of halogens is 2. The summed E-state index contributed by atoms with van der Waals surface area (Å²) >= 11 is 11.2. The van der Waals surface area contributed by atoms with Gasteiger partial charge in [-0.1, -0.05) is 11.6 Å². The zero-order chi connectivity index (χ0) is 13.1. The fraction of sp³-hybridized carbons (Fsp3) is 0.231. The number of methoxy groups -OCH3 is 1. The lowest BCUT2D eigenvalue weighted by Crippen LogP contribution is -2.06. The maximum atomic E-state index is 6.01. The van der Waals surface area contributed by atoms with E-state index in [1.54, 1.807) is 18.4 Å². The Morgan fingerprint density at radius 2 is 2.17 bits per heavy atom. The van der Waals surface area contributed by atoms with Crippen LogP contribution >= 0.6 is 38.9 Å². The summed E-state index contributed by atoms with van der Waals surface area (Å²) in [6.45, 7) is 2.11. The molecular formula is C13H13BrClNOS. The molecule has 2 nitrogen and oxygen atoms in total. The van der Waals surface area contributed by atoms with Crippen molar-refractivity contribution >= 4 is 44.6 Å². The first-order valence-electron chi connectivity index (χ1n) is 5.44. The predicted octanol–water partition coefficient (Wildman–Crippen LogP) is 5.35. The molecule has 1 aromatic carbocycles. The molecule has 1 atom stereocenters. The van der Waals surface area contributed by atoms with Crippen LogP contribution in [0.15, 0.2) is 34.1 Å². The third-order valence-corrected chi connectivity index (χ3v) is 4.66. The van der Waals surface area contributed by atoms with Gasteiger partial charge in [-0.2, -0.15) is 0 Å². The van der Waals surface area contributed by atoms with Crippen LogP contribution in [0.1, 0.15) is 17.8 Å². The molecule has 0 fully saturated rings. The van der Waals surface area contributed by atoms with Gasteiger partial charge in [0.2, 0.25) is 0 Å². The summed E-state index contributed by atoms with van der Waals surface area (Å²) in [6.07, 6.45) is 0. The molecule has 0 radical (unpaired) electrons. The second-order valence-electron chi connectivity index (χ2n) is 3.88. The quantitative estimate of drug-likeness (QED) is 0.806. The normalized spacial score (nSPS) is 12.2. The number of nitrogens with one attached hydrogen (secondary N) is 1. The van der Waals surface area contributed by atoms with Crippen LogP contribution in [0, 0.1) is 0 Å². The van der Waals surface area contributed by atoms with E-state index in [-0.39, 0.29) is 6.04 Å². The maximum Gasteiger partial charge on any atom is 0.142 e. The fourth-order valence-corrected chi connectivity index (χ4v) is 3.28. The number of rotatable bonds is 4. The lowest BCUT2D eigenvalue weighted by molar-refractivity contribution is 0.416. The van der Waals surface area contributed by atoms with Crippen molar-refractivity contribution in [2.75, 3.05) is 12.4 Å². The first-order valence-corrected chi connectivity index (χ1v) is 7.49. The van der Waals surface area contributed by atoms with Crippen molar-refractivity contribution in [1.29, 1.82) is 0 Å². The van der Waals surface area contributed by atoms with Gasteiger partial charge in [-0.05, 0) is 47.1 Å². The van der Waals surface area contributed by atoms with Crippen LogP contribution < -0.4 is 10.1 Å². The second-order valence-corrected chi connectivity index (χ2v) is 6.17. The van der Waals surface area contributed by atoms with Crippen molar-refractivity contribution in [3.63, 3.8) is 0 Å². The molecule has 2 aromatic rings. The van der Waals surface area contributed by atoms with E-state index in [4.69, 9.17) is 16.3 Å². The predicted molar refractivity (Wildman–Crippen MR) is 82.1 cm³/mol. The molecule has 0 saturated heterocycles. The summed E-state index contributed by atoms with van der Waals surface area (Å²) in [5.74, 6) is 0.793. The Kier molecular flexibility index (Phi) is 4.54. The Morgan fingerprint density at radius 3 is 2.78 bits per heavy atom. The van der Waals surface area contributed by atoms with E-state index in [1.165, 1.54) is 4.88 Å². The Morgan fingerprint density at radius 1 is 1.39 bits per heavy atom. The monoisotopic (exact) mass is 345 g/mol. The van der Waals surface area contributed by atoms with Crippen molar-refractivity contribution in [1.82, 2.24) is 0 Å². The minimum absolute atomic E-state index is 0.202. The number of benzene rings is 1. The van der Waals surface area contributed by atoms with E-state index in [1.807, 2.05) is 18.2 Å². The molecule has 0 bridgehead atoms. The summed E-state index contributed by atoms with van der Waals surface area (Å²) in [7, 11) is 1.65. The molecule has 0 amide bonds. The Bertz CT molecular complexity index is 544. The highest BCUT2D eigenvalue weighted by molar-refractivity contribution is 9.10. The summed E-state index contributed by atoms with van der Waals surface area (Å²) < 4.78 is 6.42. The third kappa shape index (κ3) is 3.19. The fourth-order valence-electron chi connectivity index (χ4n) is 1.65. The van der Waals surface area contributed by atoms with Gasteiger partial charge in [0.05, 0.1) is 18.8 Å². The van der Waals surface area contributed by atoms with Crippen molar-refractivity contribution < 1.29 is 4.74 Å². The Hall–Kier alpha value is -0.710. The topological polar surface area (TPSA) is 21.3 Å². The number of hydrogen-bond donors (Lipinski definition) is 1. The van der Waals surface area contributed by atoms with E-state index >= 15 is 0 Å². The van der Waals surface area contributed by atoms with Gasteiger partial charge in [-0.15, -0.1) is 11.3 Å². The van der Waals surface area contributed by atoms with E-state index in [2.05, 4.69) is 39.6 Å². The first kappa shape index (κ1) is 13.7. The lowest BCUT2D eigenvalue weighted by atomic mass is 10.2. The molecule has 1 aromatic heterocycles. The largest absolute Gasteiger partial charge is 0.495 e. The van der Waals surface area contributed by atoms with E-state index in [0.717, 1.165) is 15.9 Å². The molecule has 5 heteroatoms. The molecule has 0 aliphatic carbocycles. The Labute approximate surface area is 124 Å². The minimum Gasteiger partial charge on any atom is -0.495 e. The number of hydrogen-bond acceptors (Lipinski definition) is 3. The highest BCUT2D eigenvalue weighted by atomic mass is 79.9. The van der Waals surface area contributed by atoms with Crippen LogP contribution in [-0.2, 0) is 0 Å². The molecule has 2 rings (SSSR count). The SMILES string of the molecule is COc1ccc(Cl)cc1NC(C)c1cc(Br)cs1. The van der Waals surface area contributed by atoms with Gasteiger partial charge >= 0.3 is 0 Å². The zero-order valence-corrected chi connectivity index (χ0v) is 13.2. The van der Waals surface area contributed by atoms with Crippen LogP contribution in [0.3, 0.4) is 0 Å². The van der Waals surface area contributed by atoms with Gasteiger partial charge in [-0.25, -0.2) is 0 Å². The zero-order valence-electron chi connectivity index (χ0n) is 10.0. The molecule has 18 heavy (non-hydrogen) atoms. The van der Waals surface area contributed by atoms with Gasteiger partial charge in [0.25, 0.3) is 0 Å². The average Bonchev–Trinajstić information content (AvgIpc) is 2.76. The molecule has 1 heterocycles. The summed E-state index contributed by atoms with van der Waals surface area (Å²) in [4.78, 5) is 1.25. The van der Waals surface area contributed by atoms with Gasteiger partial charge < -0.3 is 10.1 Å². The van der Waals surface area contributed by atoms with Crippen molar-refractivity contribution in [2.45, 2.75) is 13.0 Å². The standard InChI is InChI=1S/C13H13BrClNOS/c1-8(13-5-9(14)7-18-13)16-11-6-10(15)3-4-12(11)17-2/h3-8,16H,1-2H3. The van der Waals surface area contributed by atoms with Gasteiger partial charge in [0, 0.05) is 19.8 Å². The van der Waals surface area contributed by atoms with Crippen LogP contribution in [0.5, 0.6) is 5.75 Å². The number of anilines is 1. The van der Waals surface area contributed by atoms with E-state index < -0.39 is 0 Å². The average molecular weight is 347 g/mol. The highest BCUT2D eigenvalue weighted by Gasteiger charge is 2.11. The van der Waals surface area contributed by atoms with Crippen molar-refractivity contribution in [2.24, 2.45) is 0 Å². The Balaban J connectivity index is 2.20. The van der Waals surface area contributed by atoms with Crippen LogP contribution in [0.25, 0.3) is 0 Å². The molecule has 1 N–H and O–H groups in total. The van der Waals surface area contributed by atoms with Crippen LogP contribution in [0.2, 0.25) is 5.02 Å². The molecular weight excluding hydrogens is 334 g/mol. The molecule has 0 saturated carbocycles. The van der Waals surface area contributed by atoms with Gasteiger partial charge in [0.15, 0.2) is 0 Å². The summed E-state index contributed by atoms with van der Waals surface area (Å²) in [5, 5.41) is 6.18. The molecule has 0 aliphatic rings. The van der Waals surface area contributed by atoms with Gasteiger partial charge in [0.1, 0.15) is 5.75 Å². The molecule has 0 aliphatic heterocycles. The summed E-state index contributed by atoms with van der Waals surface area (Å²) in [6, 6.07) is 7.87. The van der Waals surface area contributed by atoms with E-state index in [9.17, 15) is 0 Å². The smallest absolute Gasteiger partial charge is 0.142 e. The number of thiophene rings is 1. The molecule has 0 spiro atoms. The lowest BCUT2D eigenvalue weighted by Gasteiger charge is -2.16. The van der Waals surface area contributed by atoms with Crippen molar-refractivity contribution in [3.05, 3.63) is 44.0 Å². The number of ether oxygens (including phenoxy) is 1. The maximum absolute atomic E-state index is 6.01. The van der Waals surface area contributed by atoms with Crippen LogP contribution in [0.4, 0.5) is 5.69 Å². The third-order valence-electron chi connectivity index (χ3n) is 2.55. The first-order chi connectivity index (χ1) is 8.60. The summed E-state index contributed by atoms with van der Waals surface area (Å²) in [5.41, 5.74) is 0.905. The highest BCUT2D eigenvalue weighted by Crippen LogP contribution is 2.33. The second kappa shape index (κ2) is 5.95. The van der Waals surface area contributed by atoms with Crippen LogP contribution in [-0.4, -0.2) is 7.11 Å². The minimum atomic E-state index is 0.202. The van der Waals surface area contributed by atoms with Crippen molar-refractivity contribution in [3.8, 4) is 5.75 Å². The van der Waals surface area contributed by atoms with Gasteiger partial charge in [-0.3, -0.25) is 0 Å². The molecule has 96 valence electrons.